The van der Waals surface area contributed by atoms with Gasteiger partial charge in [-0.05, 0) is 13.0 Å². The fraction of sp³-hybridized carbons (Fsp3) is 0.357. The van der Waals surface area contributed by atoms with Crippen LogP contribution in [0.25, 0.3) is 0 Å². The van der Waals surface area contributed by atoms with E-state index in [1.165, 1.54) is 0 Å². The lowest BCUT2D eigenvalue weighted by Crippen LogP contribution is -2.41. The quantitative estimate of drug-likeness (QED) is 0.734. The molecule has 0 radical (unpaired) electrons. The number of benzene rings is 1. The van der Waals surface area contributed by atoms with Crippen molar-refractivity contribution in [3.05, 3.63) is 29.8 Å². The van der Waals surface area contributed by atoms with Crippen LogP contribution >= 0.6 is 0 Å². The molecule has 96 valence electrons. The summed E-state index contributed by atoms with van der Waals surface area (Å²) in [6.07, 6.45) is 5.08. The highest BCUT2D eigenvalue weighted by atomic mass is 16.5. The molecule has 18 heavy (non-hydrogen) atoms. The highest BCUT2D eigenvalue weighted by Gasteiger charge is 2.11. The number of ether oxygens (including phenoxy) is 1. The molecule has 1 unspecified atom stereocenters. The Morgan fingerprint density at radius 1 is 1.50 bits per heavy atom. The minimum Gasteiger partial charge on any atom is -0.496 e. The van der Waals surface area contributed by atoms with Gasteiger partial charge in [-0.1, -0.05) is 24.1 Å². The predicted octanol–water partition coefficient (Wildman–Crippen LogP) is 0.923. The molecule has 0 bridgehead atoms. The Kier molecular flexibility index (Phi) is 5.75. The summed E-state index contributed by atoms with van der Waals surface area (Å²) in [5.74, 6) is 3.06. The topological polar surface area (TPSA) is 50.4 Å². The number of terminal acetylenes is 1. The van der Waals surface area contributed by atoms with E-state index in [2.05, 4.69) is 16.6 Å². The number of carbonyl (C=O) groups excluding carboxylic acids is 1. The van der Waals surface area contributed by atoms with E-state index < -0.39 is 0 Å². The number of amides is 1. The van der Waals surface area contributed by atoms with Crippen LogP contribution in [0.5, 0.6) is 5.75 Å². The van der Waals surface area contributed by atoms with Crippen LogP contribution in [0, 0.1) is 12.3 Å². The van der Waals surface area contributed by atoms with Crippen LogP contribution in [-0.2, 0) is 11.3 Å². The maximum absolute atomic E-state index is 11.6. The van der Waals surface area contributed by atoms with Gasteiger partial charge in [-0.15, -0.1) is 6.42 Å². The average molecular weight is 246 g/mol. The molecule has 0 fully saturated rings. The van der Waals surface area contributed by atoms with Crippen LogP contribution in [0.4, 0.5) is 0 Å². The summed E-state index contributed by atoms with van der Waals surface area (Å²) in [6.45, 7) is 2.61. The summed E-state index contributed by atoms with van der Waals surface area (Å²) >= 11 is 0. The van der Waals surface area contributed by atoms with E-state index in [0.29, 0.717) is 6.54 Å². The molecule has 0 aliphatic heterocycles. The van der Waals surface area contributed by atoms with Gasteiger partial charge in [-0.2, -0.15) is 0 Å². The molecule has 4 nitrogen and oxygen atoms in total. The molecule has 1 atom stereocenters. The third-order valence-corrected chi connectivity index (χ3v) is 2.55. The van der Waals surface area contributed by atoms with Crippen LogP contribution in [0.15, 0.2) is 24.3 Å². The first-order chi connectivity index (χ1) is 8.69. The lowest BCUT2D eigenvalue weighted by atomic mass is 10.2. The van der Waals surface area contributed by atoms with E-state index in [1.807, 2.05) is 24.3 Å². The standard InChI is InChI=1S/C14H18N2O2/c1-4-9-15-14(17)11(2)16-10-12-7-5-6-8-13(12)18-3/h1,5-8,11,16H,9-10H2,2-3H3,(H,15,17). The van der Waals surface area contributed by atoms with Crippen molar-refractivity contribution in [3.8, 4) is 18.1 Å². The van der Waals surface area contributed by atoms with Crippen LogP contribution < -0.4 is 15.4 Å². The molecule has 0 spiro atoms. The fourth-order valence-electron chi connectivity index (χ4n) is 1.50. The largest absolute Gasteiger partial charge is 0.496 e. The minimum absolute atomic E-state index is 0.108. The summed E-state index contributed by atoms with van der Waals surface area (Å²) in [4.78, 5) is 11.6. The zero-order chi connectivity index (χ0) is 13.4. The zero-order valence-electron chi connectivity index (χ0n) is 10.7. The van der Waals surface area contributed by atoms with Gasteiger partial charge in [0.15, 0.2) is 0 Å². The van der Waals surface area contributed by atoms with Gasteiger partial charge in [0, 0.05) is 12.1 Å². The molecule has 4 heteroatoms. The molecular formula is C14H18N2O2. The fourth-order valence-corrected chi connectivity index (χ4v) is 1.50. The average Bonchev–Trinajstić information content (AvgIpc) is 2.42. The smallest absolute Gasteiger partial charge is 0.237 e. The first-order valence-electron chi connectivity index (χ1n) is 5.75. The lowest BCUT2D eigenvalue weighted by molar-refractivity contribution is -0.122. The van der Waals surface area contributed by atoms with Crippen molar-refractivity contribution in [1.82, 2.24) is 10.6 Å². The summed E-state index contributed by atoms with van der Waals surface area (Å²) < 4.78 is 5.24. The van der Waals surface area contributed by atoms with E-state index >= 15 is 0 Å². The zero-order valence-corrected chi connectivity index (χ0v) is 10.7. The SMILES string of the molecule is C#CCNC(=O)C(C)NCc1ccccc1OC. The normalized spacial score (nSPS) is 11.4. The molecule has 2 N–H and O–H groups in total. The second-order valence-corrected chi connectivity index (χ2v) is 3.84. The Hall–Kier alpha value is -1.99. The van der Waals surface area contributed by atoms with Crippen LogP contribution in [0.1, 0.15) is 12.5 Å². The molecule has 0 aliphatic carbocycles. The van der Waals surface area contributed by atoms with Crippen molar-refractivity contribution in [2.45, 2.75) is 19.5 Å². The molecule has 0 aliphatic rings. The first-order valence-corrected chi connectivity index (χ1v) is 5.75. The van der Waals surface area contributed by atoms with Crippen molar-refractivity contribution in [2.24, 2.45) is 0 Å². The minimum atomic E-state index is -0.303. The van der Waals surface area contributed by atoms with E-state index in [0.717, 1.165) is 11.3 Å². The van der Waals surface area contributed by atoms with Crippen LogP contribution in [0.2, 0.25) is 0 Å². The number of carbonyl (C=O) groups is 1. The molecule has 1 aromatic carbocycles. The second kappa shape index (κ2) is 7.36. The monoisotopic (exact) mass is 246 g/mol. The number of methoxy groups -OCH3 is 1. The van der Waals surface area contributed by atoms with Gasteiger partial charge in [0.1, 0.15) is 5.75 Å². The van der Waals surface area contributed by atoms with Crippen molar-refractivity contribution in [3.63, 3.8) is 0 Å². The summed E-state index contributed by atoms with van der Waals surface area (Å²) in [5.41, 5.74) is 1.01. The van der Waals surface area contributed by atoms with Crippen LogP contribution in [0.3, 0.4) is 0 Å². The van der Waals surface area contributed by atoms with Gasteiger partial charge >= 0.3 is 0 Å². The molecule has 1 amide bonds. The van der Waals surface area contributed by atoms with Gasteiger partial charge in [0.05, 0.1) is 19.7 Å². The first kappa shape index (κ1) is 14.1. The van der Waals surface area contributed by atoms with Gasteiger partial charge in [0.25, 0.3) is 0 Å². The molecule has 0 aromatic heterocycles. The van der Waals surface area contributed by atoms with E-state index in [4.69, 9.17) is 11.2 Å². The van der Waals surface area contributed by atoms with Crippen molar-refractivity contribution >= 4 is 5.91 Å². The molecule has 0 saturated heterocycles. The van der Waals surface area contributed by atoms with Gasteiger partial charge in [0.2, 0.25) is 5.91 Å². The maximum Gasteiger partial charge on any atom is 0.237 e. The summed E-state index contributed by atoms with van der Waals surface area (Å²) in [6, 6.07) is 7.38. The lowest BCUT2D eigenvalue weighted by Gasteiger charge is -2.14. The van der Waals surface area contributed by atoms with Crippen molar-refractivity contribution in [1.29, 1.82) is 0 Å². The maximum atomic E-state index is 11.6. The molecule has 1 aromatic rings. The van der Waals surface area contributed by atoms with E-state index in [9.17, 15) is 4.79 Å². The van der Waals surface area contributed by atoms with Gasteiger partial charge in [-0.3, -0.25) is 4.79 Å². The number of hydrogen-bond acceptors (Lipinski definition) is 3. The number of rotatable bonds is 6. The van der Waals surface area contributed by atoms with Crippen molar-refractivity contribution in [2.75, 3.05) is 13.7 Å². The van der Waals surface area contributed by atoms with Crippen LogP contribution in [-0.4, -0.2) is 25.6 Å². The molecular weight excluding hydrogens is 228 g/mol. The number of nitrogens with one attached hydrogen (secondary N) is 2. The second-order valence-electron chi connectivity index (χ2n) is 3.84. The summed E-state index contributed by atoms with van der Waals surface area (Å²) in [7, 11) is 1.63. The Labute approximate surface area is 108 Å². The van der Waals surface area contributed by atoms with Crippen molar-refractivity contribution < 1.29 is 9.53 Å². The Balaban J connectivity index is 2.49. The van der Waals surface area contributed by atoms with E-state index in [1.54, 1.807) is 14.0 Å². The van der Waals surface area contributed by atoms with Gasteiger partial charge < -0.3 is 15.4 Å². The highest BCUT2D eigenvalue weighted by Crippen LogP contribution is 2.16. The van der Waals surface area contributed by atoms with E-state index in [-0.39, 0.29) is 18.5 Å². The Morgan fingerprint density at radius 3 is 2.89 bits per heavy atom. The Bertz CT molecular complexity index is 438. The molecule has 1 rings (SSSR count). The summed E-state index contributed by atoms with van der Waals surface area (Å²) in [5, 5.41) is 5.75. The van der Waals surface area contributed by atoms with Gasteiger partial charge in [-0.25, -0.2) is 0 Å². The number of para-hydroxylation sites is 1. The number of hydrogen-bond donors (Lipinski definition) is 2. The predicted molar refractivity (Wildman–Crippen MR) is 71.1 cm³/mol. The third-order valence-electron chi connectivity index (χ3n) is 2.55. The Morgan fingerprint density at radius 2 is 2.22 bits per heavy atom. The third kappa shape index (κ3) is 4.11. The molecule has 0 saturated carbocycles. The molecule has 0 heterocycles. The highest BCUT2D eigenvalue weighted by molar-refractivity contribution is 5.81.